The topological polar surface area (TPSA) is 78.9 Å². The summed E-state index contributed by atoms with van der Waals surface area (Å²) in [6, 6.07) is 7.56. The van der Waals surface area contributed by atoms with E-state index in [1.807, 2.05) is 12.1 Å². The predicted octanol–water partition coefficient (Wildman–Crippen LogP) is 8.48. The molecule has 49 heavy (non-hydrogen) atoms. The van der Waals surface area contributed by atoms with Crippen molar-refractivity contribution in [1.29, 1.82) is 0 Å². The van der Waals surface area contributed by atoms with Crippen LogP contribution in [0.3, 0.4) is 0 Å². The van der Waals surface area contributed by atoms with Gasteiger partial charge in [-0.05, 0) is 139 Å². The Hall–Kier alpha value is -2.44. The SMILES string of the molecule is C=C(C)[C@@H]1CC[C@]2(C(=O)NCCN3CCOCC3)CC[C@]3(C)[C@H](CCC4[C@@]5(C)CC=C(c6ccc(C(=O)O)cc6)C(C)(C)C5CC[C@]43C)C12. The van der Waals surface area contributed by atoms with Crippen molar-refractivity contribution in [2.75, 3.05) is 39.4 Å². The average Bonchev–Trinajstić information content (AvgIpc) is 3.47. The minimum atomic E-state index is -0.872. The molecule has 7 rings (SSSR count). The molecule has 5 fully saturated rings. The molecule has 6 heteroatoms. The highest BCUT2D eigenvalue weighted by Gasteiger charge is 2.71. The van der Waals surface area contributed by atoms with E-state index < -0.39 is 5.97 Å². The zero-order valence-electron chi connectivity index (χ0n) is 31.2. The van der Waals surface area contributed by atoms with Gasteiger partial charge < -0.3 is 15.2 Å². The molecule has 6 nitrogen and oxygen atoms in total. The Kier molecular flexibility index (Phi) is 8.82. The summed E-state index contributed by atoms with van der Waals surface area (Å²) in [6.45, 7) is 24.7. The quantitative estimate of drug-likeness (QED) is 0.285. The fourth-order valence-corrected chi connectivity index (χ4v) is 13.8. The number of hydrogen-bond acceptors (Lipinski definition) is 4. The van der Waals surface area contributed by atoms with Crippen molar-refractivity contribution in [2.24, 2.45) is 56.7 Å². The second-order valence-corrected chi connectivity index (χ2v) is 18.5. The summed E-state index contributed by atoms with van der Waals surface area (Å²) in [4.78, 5) is 28.4. The van der Waals surface area contributed by atoms with Crippen molar-refractivity contribution in [1.82, 2.24) is 10.2 Å². The summed E-state index contributed by atoms with van der Waals surface area (Å²) in [5.74, 6) is 1.97. The predicted molar refractivity (Wildman–Crippen MR) is 196 cm³/mol. The molecule has 3 unspecified atom stereocenters. The van der Waals surface area contributed by atoms with Gasteiger partial charge in [-0.2, -0.15) is 0 Å². The Balaban J connectivity index is 1.16. The largest absolute Gasteiger partial charge is 0.478 e. The first-order valence-electron chi connectivity index (χ1n) is 19.5. The molecule has 1 aromatic carbocycles. The molecule has 0 aromatic heterocycles. The first kappa shape index (κ1) is 35.0. The monoisotopic (exact) mass is 670 g/mol. The van der Waals surface area contributed by atoms with E-state index in [-0.39, 0.29) is 27.1 Å². The third-order valence-electron chi connectivity index (χ3n) is 16.4. The molecule has 1 aromatic rings. The highest BCUT2D eigenvalue weighted by molar-refractivity contribution is 5.88. The maximum atomic E-state index is 14.4. The molecule has 1 aliphatic heterocycles. The maximum absolute atomic E-state index is 14.4. The van der Waals surface area contributed by atoms with Crippen LogP contribution < -0.4 is 5.32 Å². The van der Waals surface area contributed by atoms with Crippen LogP contribution in [0.25, 0.3) is 5.57 Å². The standard InChI is InChI=1S/C43H62N2O4/c1-28(2)31-14-19-43(38(48)44-22-23-45-24-26-49-27-25-45)21-20-41(6)33(36(31)43)12-13-35-40(5)17-15-32(29-8-10-30(11-9-29)37(46)47)39(3,4)34(40)16-18-42(35,41)7/h8-11,15,31,33-36H,1,12-14,16-27H2,2-7H3,(H,44,48)(H,46,47)/t31-,33+,34?,35?,36?,40-,41+,42+,43-/m0/s1. The molecule has 4 saturated carbocycles. The van der Waals surface area contributed by atoms with Gasteiger partial charge in [0.25, 0.3) is 0 Å². The summed E-state index contributed by atoms with van der Waals surface area (Å²) in [5.41, 5.74) is 4.50. The van der Waals surface area contributed by atoms with E-state index in [2.05, 4.69) is 64.4 Å². The molecule has 6 aliphatic rings. The summed E-state index contributed by atoms with van der Waals surface area (Å²) >= 11 is 0. The van der Waals surface area contributed by atoms with Gasteiger partial charge in [0.05, 0.1) is 24.2 Å². The van der Waals surface area contributed by atoms with Crippen LogP contribution in [0.2, 0.25) is 0 Å². The number of carbonyl (C=O) groups excluding carboxylic acids is 1. The number of carboxylic acids is 1. The normalized spacial score (nSPS) is 41.3. The molecule has 0 spiro atoms. The van der Waals surface area contributed by atoms with Gasteiger partial charge in [-0.15, -0.1) is 0 Å². The molecule has 1 heterocycles. The van der Waals surface area contributed by atoms with Gasteiger partial charge in [0.1, 0.15) is 0 Å². The lowest BCUT2D eigenvalue weighted by Crippen LogP contribution is -2.66. The van der Waals surface area contributed by atoms with Crippen molar-refractivity contribution < 1.29 is 19.4 Å². The molecule has 1 amide bonds. The fourth-order valence-electron chi connectivity index (χ4n) is 13.8. The number of aromatic carboxylic acids is 1. The number of benzene rings is 1. The Morgan fingerprint density at radius 1 is 0.918 bits per heavy atom. The number of carbonyl (C=O) groups is 2. The molecule has 9 atom stereocenters. The Morgan fingerprint density at radius 3 is 2.31 bits per heavy atom. The third-order valence-corrected chi connectivity index (χ3v) is 16.4. The van der Waals surface area contributed by atoms with Gasteiger partial charge in [0.2, 0.25) is 5.91 Å². The molecule has 2 N–H and O–H groups in total. The number of ether oxygens (including phenoxy) is 1. The molecular weight excluding hydrogens is 608 g/mol. The maximum Gasteiger partial charge on any atom is 0.335 e. The Morgan fingerprint density at radius 2 is 1.63 bits per heavy atom. The second-order valence-electron chi connectivity index (χ2n) is 18.5. The number of morpholine rings is 1. The summed E-state index contributed by atoms with van der Waals surface area (Å²) < 4.78 is 5.54. The van der Waals surface area contributed by atoms with Crippen molar-refractivity contribution in [3.8, 4) is 0 Å². The van der Waals surface area contributed by atoms with Crippen molar-refractivity contribution in [3.05, 3.63) is 53.6 Å². The highest BCUT2D eigenvalue weighted by Crippen LogP contribution is 2.77. The zero-order valence-corrected chi connectivity index (χ0v) is 31.2. The van der Waals surface area contributed by atoms with Gasteiger partial charge >= 0.3 is 5.97 Å². The van der Waals surface area contributed by atoms with Crippen molar-refractivity contribution in [3.63, 3.8) is 0 Å². The molecule has 1 saturated heterocycles. The number of hydrogen-bond donors (Lipinski definition) is 2. The van der Waals surface area contributed by atoms with Gasteiger partial charge in [-0.25, -0.2) is 4.79 Å². The third kappa shape index (κ3) is 5.23. The smallest absolute Gasteiger partial charge is 0.335 e. The lowest BCUT2D eigenvalue weighted by molar-refractivity contribution is -0.225. The number of fused-ring (bicyclic) bond motifs is 7. The molecule has 268 valence electrons. The van der Waals surface area contributed by atoms with E-state index in [0.29, 0.717) is 41.1 Å². The lowest BCUT2D eigenvalue weighted by atomic mass is 9.32. The molecule has 0 bridgehead atoms. The number of nitrogens with zero attached hydrogens (tertiary/aromatic N) is 1. The van der Waals surface area contributed by atoms with E-state index in [9.17, 15) is 14.7 Å². The number of nitrogens with one attached hydrogen (secondary N) is 1. The molecule has 0 radical (unpaired) electrons. The van der Waals surface area contributed by atoms with E-state index in [1.54, 1.807) is 12.1 Å². The summed E-state index contributed by atoms with van der Waals surface area (Å²) in [6.07, 6.45) is 12.7. The average molecular weight is 671 g/mol. The van der Waals surface area contributed by atoms with Gasteiger partial charge in [0, 0.05) is 26.2 Å². The van der Waals surface area contributed by atoms with Crippen LogP contribution in [0.1, 0.15) is 115 Å². The van der Waals surface area contributed by atoms with E-state index >= 15 is 0 Å². The number of rotatable bonds is 7. The number of carboxylic acid groups (broad SMARTS) is 1. The first-order chi connectivity index (χ1) is 23.2. The van der Waals surface area contributed by atoms with Crippen molar-refractivity contribution in [2.45, 2.75) is 99.3 Å². The van der Waals surface area contributed by atoms with Crippen LogP contribution in [0.15, 0.2) is 42.5 Å². The number of amides is 1. The van der Waals surface area contributed by atoms with Crippen molar-refractivity contribution >= 4 is 17.4 Å². The first-order valence-corrected chi connectivity index (χ1v) is 19.5. The van der Waals surface area contributed by atoms with E-state index in [1.165, 1.54) is 42.4 Å². The van der Waals surface area contributed by atoms with Gasteiger partial charge in [0.15, 0.2) is 0 Å². The van der Waals surface area contributed by atoms with E-state index in [4.69, 9.17) is 4.74 Å². The minimum Gasteiger partial charge on any atom is -0.478 e. The van der Waals surface area contributed by atoms with Crippen LogP contribution in [-0.2, 0) is 9.53 Å². The van der Waals surface area contributed by atoms with Crippen LogP contribution >= 0.6 is 0 Å². The Bertz CT molecular complexity index is 1510. The van der Waals surface area contributed by atoms with Crippen LogP contribution in [0.4, 0.5) is 0 Å². The Labute approximate surface area is 295 Å². The van der Waals surface area contributed by atoms with E-state index in [0.717, 1.165) is 71.5 Å². The van der Waals surface area contributed by atoms with Crippen LogP contribution in [0, 0.1) is 56.7 Å². The summed E-state index contributed by atoms with van der Waals surface area (Å²) in [7, 11) is 0. The van der Waals surface area contributed by atoms with Gasteiger partial charge in [-0.1, -0.05) is 65.0 Å². The number of allylic oxidation sites excluding steroid dienone is 3. The highest BCUT2D eigenvalue weighted by atomic mass is 16.5. The van der Waals surface area contributed by atoms with Crippen LogP contribution in [0.5, 0.6) is 0 Å². The fraction of sp³-hybridized carbons (Fsp3) is 0.721. The molecular formula is C43H62N2O4. The lowest BCUT2D eigenvalue weighted by Gasteiger charge is -2.72. The summed E-state index contributed by atoms with van der Waals surface area (Å²) in [5, 5.41) is 13.0. The van der Waals surface area contributed by atoms with Gasteiger partial charge in [-0.3, -0.25) is 9.69 Å². The second kappa shape index (κ2) is 12.4. The molecule has 5 aliphatic carbocycles. The van der Waals surface area contributed by atoms with Crippen LogP contribution in [-0.4, -0.2) is 61.3 Å². The minimum absolute atomic E-state index is 0.00560. The zero-order chi connectivity index (χ0) is 35.0.